The van der Waals surface area contributed by atoms with Crippen molar-refractivity contribution in [2.24, 2.45) is 35.5 Å². The molecule has 1 aromatic carbocycles. The summed E-state index contributed by atoms with van der Waals surface area (Å²) < 4.78 is 0. The fourth-order valence-corrected chi connectivity index (χ4v) is 19.6. The van der Waals surface area contributed by atoms with Crippen LogP contribution in [0.1, 0.15) is 88.2 Å². The first-order chi connectivity index (χ1) is 19.6. The standard InChI is InChI=1S/C36H46N2P2/c1-2-6-32(31(5-1)23-39(33-7-3-9-37-33)34-8-4-10-38-34)24-40(35-17-25-11-26(18-35)13-27(12-25)19-35)36-20-28-14-29(21-36)16-30(15-28)22-36/h1-10,25-30,37-38H,11-24H2. The molecule has 8 fully saturated rings. The second kappa shape index (κ2) is 9.58. The summed E-state index contributed by atoms with van der Waals surface area (Å²) in [6.45, 7) is 0. The molecule has 0 spiro atoms. The number of rotatable bonds is 8. The molecule has 0 radical (unpaired) electrons. The van der Waals surface area contributed by atoms with Crippen LogP contribution in [0, 0.1) is 35.5 Å². The molecular weight excluding hydrogens is 522 g/mol. The van der Waals surface area contributed by atoms with E-state index in [0.29, 0.717) is 10.3 Å². The molecule has 3 aromatic rings. The lowest BCUT2D eigenvalue weighted by atomic mass is 9.55. The highest BCUT2D eigenvalue weighted by atomic mass is 31.1. The highest BCUT2D eigenvalue weighted by Crippen LogP contribution is 2.79. The zero-order chi connectivity index (χ0) is 26.3. The van der Waals surface area contributed by atoms with Crippen LogP contribution in [0.4, 0.5) is 0 Å². The maximum Gasteiger partial charge on any atom is 0.0448 e. The Morgan fingerprint density at radius 2 is 0.925 bits per heavy atom. The maximum absolute atomic E-state index is 3.60. The van der Waals surface area contributed by atoms with Crippen molar-refractivity contribution in [2.75, 3.05) is 0 Å². The lowest BCUT2D eigenvalue weighted by Gasteiger charge is -2.67. The van der Waals surface area contributed by atoms with Crippen molar-refractivity contribution in [3.63, 3.8) is 0 Å². The largest absolute Gasteiger partial charge is 0.361 e. The third-order valence-electron chi connectivity index (χ3n) is 12.7. The number of H-pyrrole nitrogens is 2. The monoisotopic (exact) mass is 568 g/mol. The van der Waals surface area contributed by atoms with Gasteiger partial charge in [0.1, 0.15) is 0 Å². The molecule has 2 heterocycles. The summed E-state index contributed by atoms with van der Waals surface area (Å²) in [5.74, 6) is 6.38. The van der Waals surface area contributed by atoms with Gasteiger partial charge in [-0.2, -0.15) is 0 Å². The van der Waals surface area contributed by atoms with Gasteiger partial charge >= 0.3 is 0 Å². The van der Waals surface area contributed by atoms with E-state index >= 15 is 0 Å². The van der Waals surface area contributed by atoms with Crippen molar-refractivity contribution in [1.29, 1.82) is 0 Å². The minimum Gasteiger partial charge on any atom is -0.361 e. The lowest BCUT2D eigenvalue weighted by molar-refractivity contribution is 0.0184. The number of hydrogen-bond acceptors (Lipinski definition) is 0. The molecule has 8 saturated carbocycles. The van der Waals surface area contributed by atoms with Crippen molar-refractivity contribution < 1.29 is 0 Å². The molecule has 2 N–H and O–H groups in total. The Bertz CT molecular complexity index is 1190. The minimum atomic E-state index is -0.452. The first-order valence-electron chi connectivity index (χ1n) is 16.5. The Labute approximate surface area is 243 Å². The molecule has 4 heteroatoms. The summed E-state index contributed by atoms with van der Waals surface area (Å²) in [7, 11) is -0.477. The van der Waals surface area contributed by atoms with Gasteiger partial charge in [0, 0.05) is 29.4 Å². The predicted octanol–water partition coefficient (Wildman–Crippen LogP) is 8.90. The van der Waals surface area contributed by atoms with Crippen molar-refractivity contribution in [3.05, 3.63) is 72.1 Å². The first kappa shape index (κ1) is 25.2. The summed E-state index contributed by atoms with van der Waals surface area (Å²) in [6, 6.07) is 18.8. The Morgan fingerprint density at radius 3 is 1.30 bits per heavy atom. The first-order valence-corrected chi connectivity index (χ1v) is 19.6. The Balaban J connectivity index is 1.11. The van der Waals surface area contributed by atoms with Crippen LogP contribution >= 0.6 is 15.8 Å². The molecule has 8 bridgehead atoms. The molecule has 0 atom stereocenters. The van der Waals surface area contributed by atoms with Crippen molar-refractivity contribution >= 4 is 26.7 Å². The molecule has 2 nitrogen and oxygen atoms in total. The minimum absolute atomic E-state index is 0.0248. The van der Waals surface area contributed by atoms with Crippen LogP contribution in [-0.2, 0) is 12.3 Å². The number of hydrogen-bond donors (Lipinski definition) is 2. The third-order valence-corrected chi connectivity index (χ3v) is 19.1. The second-order valence-electron chi connectivity index (χ2n) is 15.3. The summed E-state index contributed by atoms with van der Waals surface area (Å²) in [5.41, 5.74) is 6.17. The number of aromatic nitrogens is 2. The van der Waals surface area contributed by atoms with E-state index < -0.39 is 7.92 Å². The van der Waals surface area contributed by atoms with E-state index in [4.69, 9.17) is 0 Å². The van der Waals surface area contributed by atoms with E-state index in [1.165, 1.54) is 17.0 Å². The second-order valence-corrected chi connectivity index (χ2v) is 20.5. The molecular formula is C36H46N2P2. The average molecular weight is 569 g/mol. The zero-order valence-electron chi connectivity index (χ0n) is 24.0. The van der Waals surface area contributed by atoms with Crippen LogP contribution < -0.4 is 10.9 Å². The van der Waals surface area contributed by atoms with Gasteiger partial charge < -0.3 is 9.97 Å². The quantitative estimate of drug-likeness (QED) is 0.254. The van der Waals surface area contributed by atoms with Gasteiger partial charge in [0.25, 0.3) is 0 Å². The van der Waals surface area contributed by atoms with Crippen LogP contribution in [0.2, 0.25) is 0 Å². The lowest BCUT2D eigenvalue weighted by Crippen LogP contribution is -2.56. The SMILES string of the molecule is c1c[nH]c(P(Cc2ccccc2CP(C23CC4CC(CC(C4)C2)C3)C23CC4CC(CC(C4)C2)C3)c2ccc[nH]2)c1. The topological polar surface area (TPSA) is 31.6 Å². The Kier molecular flexibility index (Phi) is 6.03. The average Bonchev–Trinajstić information content (AvgIpc) is 3.65. The van der Waals surface area contributed by atoms with E-state index in [2.05, 4.69) is 70.9 Å². The Hall–Kier alpha value is -1.36. The number of nitrogens with one attached hydrogen (secondary N) is 2. The maximum atomic E-state index is 3.60. The summed E-state index contributed by atoms with van der Waals surface area (Å²) >= 11 is 0. The van der Waals surface area contributed by atoms with Crippen LogP contribution in [0.5, 0.6) is 0 Å². The van der Waals surface area contributed by atoms with Gasteiger partial charge in [-0.1, -0.05) is 32.2 Å². The fraction of sp³-hybridized carbons (Fsp3) is 0.611. The number of benzene rings is 1. The predicted molar refractivity (Wildman–Crippen MR) is 170 cm³/mol. The van der Waals surface area contributed by atoms with Gasteiger partial charge in [-0.3, -0.25) is 0 Å². The summed E-state index contributed by atoms with van der Waals surface area (Å²) in [6.07, 6.45) is 25.9. The van der Waals surface area contributed by atoms with Gasteiger partial charge in [0.05, 0.1) is 0 Å². The highest BCUT2D eigenvalue weighted by molar-refractivity contribution is 7.71. The molecule has 210 valence electrons. The molecule has 11 rings (SSSR count). The van der Waals surface area contributed by atoms with Crippen LogP contribution in [-0.4, -0.2) is 20.3 Å². The van der Waals surface area contributed by atoms with Crippen molar-refractivity contribution in [1.82, 2.24) is 9.97 Å². The van der Waals surface area contributed by atoms with Crippen LogP contribution in [0.3, 0.4) is 0 Å². The fourth-order valence-electron chi connectivity index (χ4n) is 12.1. The van der Waals surface area contributed by atoms with Crippen molar-refractivity contribution in [3.8, 4) is 0 Å². The van der Waals surface area contributed by atoms with Gasteiger partial charge in [0.2, 0.25) is 0 Å². The summed E-state index contributed by atoms with van der Waals surface area (Å²) in [4.78, 5) is 7.19. The molecule has 8 aliphatic rings. The molecule has 8 aliphatic carbocycles. The zero-order valence-corrected chi connectivity index (χ0v) is 25.8. The summed E-state index contributed by atoms with van der Waals surface area (Å²) in [5, 5.41) is 1.40. The normalized spacial score (nSPS) is 39.8. The van der Waals surface area contributed by atoms with Crippen LogP contribution in [0.25, 0.3) is 0 Å². The highest BCUT2D eigenvalue weighted by Gasteiger charge is 2.62. The Morgan fingerprint density at radius 1 is 0.525 bits per heavy atom. The molecule has 0 saturated heterocycles. The van der Waals surface area contributed by atoms with E-state index in [1.54, 1.807) is 88.2 Å². The third kappa shape index (κ3) is 4.17. The van der Waals surface area contributed by atoms with Gasteiger partial charge in [-0.15, -0.1) is 0 Å². The molecule has 40 heavy (non-hydrogen) atoms. The molecule has 0 aliphatic heterocycles. The van der Waals surface area contributed by atoms with Gasteiger partial charge in [-0.25, -0.2) is 0 Å². The van der Waals surface area contributed by atoms with Gasteiger partial charge in [-0.05, 0) is 172 Å². The van der Waals surface area contributed by atoms with Gasteiger partial charge in [0.15, 0.2) is 0 Å². The van der Waals surface area contributed by atoms with E-state index in [9.17, 15) is 0 Å². The van der Waals surface area contributed by atoms with E-state index in [-0.39, 0.29) is 7.92 Å². The smallest absolute Gasteiger partial charge is 0.0448 e. The van der Waals surface area contributed by atoms with E-state index in [1.807, 2.05) is 0 Å². The molecule has 2 aromatic heterocycles. The number of aromatic amines is 2. The van der Waals surface area contributed by atoms with Crippen molar-refractivity contribution in [2.45, 2.75) is 99.7 Å². The molecule has 0 amide bonds. The van der Waals surface area contributed by atoms with E-state index in [0.717, 1.165) is 41.7 Å². The molecule has 0 unspecified atom stereocenters. The van der Waals surface area contributed by atoms with Crippen LogP contribution in [0.15, 0.2) is 60.9 Å².